The van der Waals surface area contributed by atoms with Crippen LogP contribution in [0, 0.1) is 5.92 Å². The van der Waals surface area contributed by atoms with Crippen LogP contribution in [0.3, 0.4) is 0 Å². The fraction of sp³-hybridized carbons (Fsp3) is 0.481. The van der Waals surface area contributed by atoms with E-state index in [4.69, 9.17) is 9.47 Å². The second-order valence-electron chi connectivity index (χ2n) is 9.22. The maximum absolute atomic E-state index is 13.3. The predicted octanol–water partition coefficient (Wildman–Crippen LogP) is 3.69. The molecule has 0 saturated carbocycles. The molecule has 2 amide bonds. The molecule has 1 aliphatic rings. The number of ether oxygens (including phenoxy) is 2. The average molecular weight is 468 g/mol. The first-order valence-electron chi connectivity index (χ1n) is 11.9. The Kier molecular flexibility index (Phi) is 9.07. The predicted molar refractivity (Wildman–Crippen MR) is 134 cm³/mol. The van der Waals surface area contributed by atoms with Crippen molar-refractivity contribution in [3.05, 3.63) is 59.7 Å². The first kappa shape index (κ1) is 25.7. The van der Waals surface area contributed by atoms with Crippen molar-refractivity contribution < 1.29 is 19.1 Å². The minimum atomic E-state index is -0.172. The van der Waals surface area contributed by atoms with E-state index in [0.29, 0.717) is 30.2 Å². The third-order valence-corrected chi connectivity index (χ3v) is 6.43. The minimum absolute atomic E-state index is 0.0946. The van der Waals surface area contributed by atoms with Gasteiger partial charge in [0, 0.05) is 58.5 Å². The van der Waals surface area contributed by atoms with Gasteiger partial charge in [-0.3, -0.25) is 14.5 Å². The molecule has 3 atom stereocenters. The first-order chi connectivity index (χ1) is 16.3. The van der Waals surface area contributed by atoms with E-state index < -0.39 is 0 Å². The van der Waals surface area contributed by atoms with Crippen molar-refractivity contribution in [2.45, 2.75) is 39.3 Å². The van der Waals surface area contributed by atoms with Crippen LogP contribution in [0.2, 0.25) is 0 Å². The molecule has 0 bridgehead atoms. The third kappa shape index (κ3) is 6.81. The number of likely N-dealkylation sites (N-methyl/N-ethyl adjacent to an activating group) is 1. The number of nitrogens with one attached hydrogen (secondary N) is 1. The monoisotopic (exact) mass is 467 g/mol. The maximum Gasteiger partial charge on any atom is 0.257 e. The molecule has 7 nitrogen and oxygen atoms in total. The molecule has 0 unspecified atom stereocenters. The molecule has 1 N–H and O–H groups in total. The standard InChI is InChI=1S/C27H37N3O4/c1-19-16-30(14-13-22-9-7-6-8-10-22)20(2)18-34-25-15-23(28-21(3)31)11-12-24(25)27(32)29(4)17-26(19)33-5/h6-12,15,19-20,26H,13-14,16-18H2,1-5H3,(H,28,31)/t19-,20-,26+/m1/s1. The second kappa shape index (κ2) is 12.0. The highest BCUT2D eigenvalue weighted by atomic mass is 16.5. The van der Waals surface area contributed by atoms with Crippen molar-refractivity contribution in [3.8, 4) is 5.75 Å². The number of nitrogens with zero attached hydrogens (tertiary/aromatic N) is 2. The zero-order valence-electron chi connectivity index (χ0n) is 20.9. The lowest BCUT2D eigenvalue weighted by molar-refractivity contribution is -0.114. The lowest BCUT2D eigenvalue weighted by Gasteiger charge is -2.36. The van der Waals surface area contributed by atoms with Crippen molar-refractivity contribution >= 4 is 17.5 Å². The van der Waals surface area contributed by atoms with Crippen molar-refractivity contribution in [1.82, 2.24) is 9.80 Å². The van der Waals surface area contributed by atoms with Gasteiger partial charge in [0.2, 0.25) is 5.91 Å². The summed E-state index contributed by atoms with van der Waals surface area (Å²) >= 11 is 0. The molecule has 34 heavy (non-hydrogen) atoms. The molecule has 3 rings (SSSR count). The summed E-state index contributed by atoms with van der Waals surface area (Å²) in [5.41, 5.74) is 2.38. The number of hydrogen-bond acceptors (Lipinski definition) is 5. The average Bonchev–Trinajstić information content (AvgIpc) is 2.82. The van der Waals surface area contributed by atoms with Crippen LogP contribution in [-0.4, -0.2) is 74.2 Å². The molecule has 0 radical (unpaired) electrons. The Labute approximate surface area is 203 Å². The van der Waals surface area contributed by atoms with E-state index in [0.717, 1.165) is 19.5 Å². The minimum Gasteiger partial charge on any atom is -0.491 e. The van der Waals surface area contributed by atoms with E-state index in [1.807, 2.05) is 6.07 Å². The third-order valence-electron chi connectivity index (χ3n) is 6.43. The van der Waals surface area contributed by atoms with E-state index in [1.54, 1.807) is 37.3 Å². The van der Waals surface area contributed by atoms with Gasteiger partial charge in [0.05, 0.1) is 11.7 Å². The number of rotatable bonds is 5. The van der Waals surface area contributed by atoms with Crippen LogP contribution in [0.15, 0.2) is 48.5 Å². The highest BCUT2D eigenvalue weighted by molar-refractivity contribution is 5.98. The van der Waals surface area contributed by atoms with Gasteiger partial charge in [0.15, 0.2) is 0 Å². The largest absolute Gasteiger partial charge is 0.491 e. The molecule has 0 aliphatic carbocycles. The zero-order chi connectivity index (χ0) is 24.7. The molecular weight excluding hydrogens is 430 g/mol. The fourth-order valence-corrected chi connectivity index (χ4v) is 4.36. The number of anilines is 1. The summed E-state index contributed by atoms with van der Waals surface area (Å²) in [4.78, 5) is 28.9. The molecule has 0 fully saturated rings. The summed E-state index contributed by atoms with van der Waals surface area (Å²) < 4.78 is 12.0. The maximum atomic E-state index is 13.3. The van der Waals surface area contributed by atoms with E-state index in [2.05, 4.69) is 48.3 Å². The Morgan fingerprint density at radius 1 is 1.15 bits per heavy atom. The highest BCUT2D eigenvalue weighted by Gasteiger charge is 2.28. The van der Waals surface area contributed by atoms with Crippen LogP contribution in [0.4, 0.5) is 5.69 Å². The van der Waals surface area contributed by atoms with Crippen LogP contribution in [0.1, 0.15) is 36.7 Å². The van der Waals surface area contributed by atoms with Crippen molar-refractivity contribution in [3.63, 3.8) is 0 Å². The lowest BCUT2D eigenvalue weighted by Crippen LogP contribution is -2.47. The summed E-state index contributed by atoms with van der Waals surface area (Å²) in [6.45, 7) is 8.40. The number of carbonyl (C=O) groups is 2. The van der Waals surface area contributed by atoms with Gasteiger partial charge >= 0.3 is 0 Å². The number of benzene rings is 2. The van der Waals surface area contributed by atoms with Crippen LogP contribution >= 0.6 is 0 Å². The van der Waals surface area contributed by atoms with E-state index >= 15 is 0 Å². The summed E-state index contributed by atoms with van der Waals surface area (Å²) in [6.07, 6.45) is 0.847. The van der Waals surface area contributed by atoms with Gasteiger partial charge in [-0.2, -0.15) is 0 Å². The molecule has 2 aromatic carbocycles. The SMILES string of the molecule is CO[C@H]1CN(C)C(=O)c2ccc(NC(C)=O)cc2OC[C@@H](C)N(CCc2ccccc2)C[C@H]1C. The number of amides is 2. The quantitative estimate of drug-likeness (QED) is 0.726. The number of fused-ring (bicyclic) bond motifs is 1. The van der Waals surface area contributed by atoms with Crippen LogP contribution < -0.4 is 10.1 Å². The molecular formula is C27H37N3O4. The lowest BCUT2D eigenvalue weighted by atomic mass is 10.0. The highest BCUT2D eigenvalue weighted by Crippen LogP contribution is 2.27. The Morgan fingerprint density at radius 3 is 2.56 bits per heavy atom. The van der Waals surface area contributed by atoms with Crippen LogP contribution in [-0.2, 0) is 16.0 Å². The number of hydrogen-bond donors (Lipinski definition) is 1. The Balaban J connectivity index is 1.89. The van der Waals surface area contributed by atoms with Gasteiger partial charge in [-0.15, -0.1) is 0 Å². The second-order valence-corrected chi connectivity index (χ2v) is 9.22. The van der Waals surface area contributed by atoms with Gasteiger partial charge in [0.25, 0.3) is 5.91 Å². The van der Waals surface area contributed by atoms with Gasteiger partial charge in [-0.25, -0.2) is 0 Å². The van der Waals surface area contributed by atoms with E-state index in [1.165, 1.54) is 12.5 Å². The zero-order valence-corrected chi connectivity index (χ0v) is 20.9. The number of carbonyl (C=O) groups excluding carboxylic acids is 2. The van der Waals surface area contributed by atoms with Gasteiger partial charge in [-0.05, 0) is 37.0 Å². The summed E-state index contributed by atoms with van der Waals surface area (Å²) in [5, 5.41) is 2.77. The van der Waals surface area contributed by atoms with Crippen molar-refractivity contribution in [2.75, 3.05) is 45.7 Å². The molecule has 0 aromatic heterocycles. The topological polar surface area (TPSA) is 71.1 Å². The Morgan fingerprint density at radius 2 is 1.88 bits per heavy atom. The first-order valence-corrected chi connectivity index (χ1v) is 11.9. The molecule has 7 heteroatoms. The van der Waals surface area contributed by atoms with E-state index in [9.17, 15) is 9.59 Å². The van der Waals surface area contributed by atoms with Gasteiger partial charge < -0.3 is 19.7 Å². The van der Waals surface area contributed by atoms with Crippen molar-refractivity contribution in [1.29, 1.82) is 0 Å². The molecule has 0 spiro atoms. The normalized spacial score (nSPS) is 22.2. The van der Waals surface area contributed by atoms with E-state index in [-0.39, 0.29) is 29.9 Å². The molecule has 0 saturated heterocycles. The Bertz CT molecular complexity index is 966. The van der Waals surface area contributed by atoms with Crippen molar-refractivity contribution in [2.24, 2.45) is 5.92 Å². The van der Waals surface area contributed by atoms with Gasteiger partial charge in [-0.1, -0.05) is 37.3 Å². The van der Waals surface area contributed by atoms with Crippen LogP contribution in [0.25, 0.3) is 0 Å². The smallest absolute Gasteiger partial charge is 0.257 e. The summed E-state index contributed by atoms with van der Waals surface area (Å²) in [5.74, 6) is 0.391. The molecule has 1 aliphatic heterocycles. The molecule has 2 aromatic rings. The summed E-state index contributed by atoms with van der Waals surface area (Å²) in [6, 6.07) is 15.8. The fourth-order valence-electron chi connectivity index (χ4n) is 4.36. The van der Waals surface area contributed by atoms with Gasteiger partial charge in [0.1, 0.15) is 12.4 Å². The van der Waals surface area contributed by atoms with Crippen LogP contribution in [0.5, 0.6) is 5.75 Å². The molecule has 184 valence electrons. The molecule has 1 heterocycles. The summed E-state index contributed by atoms with van der Waals surface area (Å²) in [7, 11) is 3.49. The number of methoxy groups -OCH3 is 1. The Hall–Kier alpha value is -2.90.